The van der Waals surface area contributed by atoms with Gasteiger partial charge in [-0.15, -0.1) is 0 Å². The molecule has 0 saturated heterocycles. The normalized spacial score (nSPS) is 11.0. The molecular formula is C21H18ClFN2O4S. The molecule has 0 atom stereocenters. The summed E-state index contributed by atoms with van der Waals surface area (Å²) >= 11 is 6.07. The number of nitrogens with one attached hydrogen (secondary N) is 2. The van der Waals surface area contributed by atoms with Gasteiger partial charge in [0.25, 0.3) is 15.9 Å². The maximum Gasteiger partial charge on any atom is 0.263 e. The van der Waals surface area contributed by atoms with Crippen LogP contribution in [0.5, 0.6) is 5.75 Å². The van der Waals surface area contributed by atoms with Gasteiger partial charge in [-0.2, -0.15) is 0 Å². The van der Waals surface area contributed by atoms with E-state index in [0.29, 0.717) is 17.0 Å². The molecule has 0 unspecified atom stereocenters. The van der Waals surface area contributed by atoms with Crippen molar-refractivity contribution in [1.82, 2.24) is 5.32 Å². The lowest BCUT2D eigenvalue weighted by atomic mass is 10.2. The van der Waals surface area contributed by atoms with Gasteiger partial charge in [0.1, 0.15) is 16.5 Å². The highest BCUT2D eigenvalue weighted by molar-refractivity contribution is 7.92. The fraction of sp³-hybridized carbons (Fsp3) is 0.0952. The summed E-state index contributed by atoms with van der Waals surface area (Å²) in [7, 11) is -2.55. The van der Waals surface area contributed by atoms with E-state index < -0.39 is 21.7 Å². The molecule has 0 aliphatic heterocycles. The highest BCUT2D eigenvalue weighted by Gasteiger charge is 2.20. The molecule has 0 aliphatic carbocycles. The van der Waals surface area contributed by atoms with Gasteiger partial charge in [-0.25, -0.2) is 12.8 Å². The zero-order valence-electron chi connectivity index (χ0n) is 15.9. The summed E-state index contributed by atoms with van der Waals surface area (Å²) in [6.07, 6.45) is 0. The molecule has 0 aliphatic rings. The average molecular weight is 449 g/mol. The minimum absolute atomic E-state index is 0.0401. The molecule has 0 fully saturated rings. The fourth-order valence-electron chi connectivity index (χ4n) is 2.64. The second-order valence-corrected chi connectivity index (χ2v) is 8.31. The molecule has 3 aromatic rings. The van der Waals surface area contributed by atoms with Crippen LogP contribution < -0.4 is 14.8 Å². The standard InChI is InChI=1S/C21H18ClFN2O4S/c1-29-17-9-7-16(8-10-17)25-30(27,28)20-12-14(6-11-18(20)22)21(26)24-13-15-4-2-3-5-19(15)23/h2-12,25H,13H2,1H3,(H,24,26). The van der Waals surface area contributed by atoms with Crippen molar-refractivity contribution < 1.29 is 22.3 Å². The molecule has 6 nitrogen and oxygen atoms in total. The summed E-state index contributed by atoms with van der Waals surface area (Å²) in [5, 5.41) is 2.53. The van der Waals surface area contributed by atoms with Crippen LogP contribution in [0.25, 0.3) is 0 Å². The quantitative estimate of drug-likeness (QED) is 0.566. The third-order valence-electron chi connectivity index (χ3n) is 4.22. The Morgan fingerprint density at radius 3 is 2.43 bits per heavy atom. The van der Waals surface area contributed by atoms with Gasteiger partial charge in [-0.05, 0) is 48.5 Å². The SMILES string of the molecule is COc1ccc(NS(=O)(=O)c2cc(C(=O)NCc3ccccc3F)ccc2Cl)cc1. The Balaban J connectivity index is 1.79. The van der Waals surface area contributed by atoms with E-state index in [1.165, 1.54) is 43.5 Å². The van der Waals surface area contributed by atoms with Crippen molar-refractivity contribution in [3.8, 4) is 5.75 Å². The number of benzene rings is 3. The summed E-state index contributed by atoms with van der Waals surface area (Å²) in [5.74, 6) is -0.429. The van der Waals surface area contributed by atoms with Crippen LogP contribution in [-0.4, -0.2) is 21.4 Å². The van der Waals surface area contributed by atoms with E-state index in [1.807, 2.05) is 0 Å². The number of sulfonamides is 1. The Hall–Kier alpha value is -3.10. The van der Waals surface area contributed by atoms with E-state index in [9.17, 15) is 17.6 Å². The van der Waals surface area contributed by atoms with Crippen LogP contribution in [0.2, 0.25) is 5.02 Å². The number of hydrogen-bond donors (Lipinski definition) is 2. The van der Waals surface area contributed by atoms with Crippen LogP contribution in [-0.2, 0) is 16.6 Å². The van der Waals surface area contributed by atoms with Crippen LogP contribution >= 0.6 is 11.6 Å². The van der Waals surface area contributed by atoms with E-state index >= 15 is 0 Å². The smallest absolute Gasteiger partial charge is 0.263 e. The minimum atomic E-state index is -4.06. The van der Waals surface area contributed by atoms with Crippen LogP contribution in [0.15, 0.2) is 71.6 Å². The topological polar surface area (TPSA) is 84.5 Å². The van der Waals surface area contributed by atoms with Crippen molar-refractivity contribution in [3.63, 3.8) is 0 Å². The highest BCUT2D eigenvalue weighted by Crippen LogP contribution is 2.26. The lowest BCUT2D eigenvalue weighted by Crippen LogP contribution is -2.24. The third kappa shape index (κ3) is 5.08. The van der Waals surface area contributed by atoms with Crippen LogP contribution in [0.1, 0.15) is 15.9 Å². The molecule has 3 rings (SSSR count). The van der Waals surface area contributed by atoms with Gasteiger partial charge in [-0.1, -0.05) is 29.8 Å². The second kappa shape index (κ2) is 9.15. The predicted octanol–water partition coefficient (Wildman–Crippen LogP) is 4.22. The number of hydrogen-bond acceptors (Lipinski definition) is 4. The first-order valence-corrected chi connectivity index (χ1v) is 10.6. The lowest BCUT2D eigenvalue weighted by molar-refractivity contribution is 0.0950. The molecule has 0 spiro atoms. The number of rotatable bonds is 7. The molecule has 156 valence electrons. The van der Waals surface area contributed by atoms with Crippen LogP contribution in [0.4, 0.5) is 10.1 Å². The molecule has 3 aromatic carbocycles. The summed E-state index contributed by atoms with van der Waals surface area (Å²) in [5.41, 5.74) is 0.695. The van der Waals surface area contributed by atoms with Crippen molar-refractivity contribution in [3.05, 3.63) is 88.7 Å². The van der Waals surface area contributed by atoms with Gasteiger partial charge >= 0.3 is 0 Å². The van der Waals surface area contributed by atoms with Crippen LogP contribution in [0, 0.1) is 5.82 Å². The molecule has 0 heterocycles. The van der Waals surface area contributed by atoms with Crippen molar-refractivity contribution in [2.24, 2.45) is 0 Å². The van der Waals surface area contributed by atoms with E-state index in [4.69, 9.17) is 16.3 Å². The van der Waals surface area contributed by atoms with E-state index in [1.54, 1.807) is 30.3 Å². The maximum absolute atomic E-state index is 13.7. The number of anilines is 1. The first-order valence-electron chi connectivity index (χ1n) is 8.78. The molecule has 30 heavy (non-hydrogen) atoms. The third-order valence-corrected chi connectivity index (χ3v) is 6.09. The average Bonchev–Trinajstić information content (AvgIpc) is 2.73. The van der Waals surface area contributed by atoms with Gasteiger partial charge in [0.2, 0.25) is 0 Å². The molecule has 2 N–H and O–H groups in total. The molecule has 0 radical (unpaired) electrons. The molecule has 0 saturated carbocycles. The number of halogens is 2. The first kappa shape index (κ1) is 21.6. The van der Waals surface area contributed by atoms with Gasteiger partial charge in [0, 0.05) is 23.4 Å². The van der Waals surface area contributed by atoms with E-state index in [-0.39, 0.29) is 22.0 Å². The fourth-order valence-corrected chi connectivity index (χ4v) is 4.22. The highest BCUT2D eigenvalue weighted by atomic mass is 35.5. The van der Waals surface area contributed by atoms with E-state index in [2.05, 4.69) is 10.0 Å². The monoisotopic (exact) mass is 448 g/mol. The van der Waals surface area contributed by atoms with Crippen LogP contribution in [0.3, 0.4) is 0 Å². The predicted molar refractivity (Wildman–Crippen MR) is 113 cm³/mol. The molecule has 0 aromatic heterocycles. The Kier molecular flexibility index (Phi) is 6.59. The largest absolute Gasteiger partial charge is 0.497 e. The van der Waals surface area contributed by atoms with Gasteiger partial charge < -0.3 is 10.1 Å². The molecule has 0 bridgehead atoms. The second-order valence-electron chi connectivity index (χ2n) is 6.25. The first-order chi connectivity index (χ1) is 14.3. The maximum atomic E-state index is 13.7. The lowest BCUT2D eigenvalue weighted by Gasteiger charge is -2.12. The van der Waals surface area contributed by atoms with Gasteiger partial charge in [-0.3, -0.25) is 9.52 Å². The number of carbonyl (C=O) groups is 1. The van der Waals surface area contributed by atoms with Crippen molar-refractivity contribution in [2.75, 3.05) is 11.8 Å². The van der Waals surface area contributed by atoms with Crippen molar-refractivity contribution in [1.29, 1.82) is 0 Å². The van der Waals surface area contributed by atoms with Crippen molar-refractivity contribution >= 4 is 33.2 Å². The van der Waals surface area contributed by atoms with Crippen molar-refractivity contribution in [2.45, 2.75) is 11.4 Å². The number of amides is 1. The Bertz CT molecular complexity index is 1170. The molecule has 9 heteroatoms. The Morgan fingerprint density at radius 1 is 1.07 bits per heavy atom. The van der Waals surface area contributed by atoms with E-state index in [0.717, 1.165) is 0 Å². The summed E-state index contributed by atoms with van der Waals surface area (Å²) in [6, 6.07) is 16.2. The molecular weight excluding hydrogens is 431 g/mol. The number of methoxy groups -OCH3 is 1. The Labute approximate surface area is 178 Å². The summed E-state index contributed by atoms with van der Waals surface area (Å²) in [4.78, 5) is 12.2. The summed E-state index contributed by atoms with van der Waals surface area (Å²) in [6.45, 7) is -0.0414. The minimum Gasteiger partial charge on any atom is -0.497 e. The zero-order valence-corrected chi connectivity index (χ0v) is 17.4. The summed E-state index contributed by atoms with van der Waals surface area (Å²) < 4.78 is 46.7. The number of ether oxygens (including phenoxy) is 1. The molecule has 1 amide bonds. The van der Waals surface area contributed by atoms with Gasteiger partial charge in [0.15, 0.2) is 0 Å². The zero-order chi connectivity index (χ0) is 21.7. The number of carbonyl (C=O) groups excluding carboxylic acids is 1. The van der Waals surface area contributed by atoms with Gasteiger partial charge in [0.05, 0.1) is 12.1 Å². The Morgan fingerprint density at radius 2 is 1.77 bits per heavy atom.